The lowest BCUT2D eigenvalue weighted by Crippen LogP contribution is -2.22. The molecule has 0 unspecified atom stereocenters. The lowest BCUT2D eigenvalue weighted by atomic mass is 10.2. The Kier molecular flexibility index (Phi) is 4.20. The molecule has 0 atom stereocenters. The minimum Gasteiger partial charge on any atom is -0.399 e. The first-order valence-electron chi connectivity index (χ1n) is 5.89. The standard InChI is InChI=1S/C14H16BrN3/c1-2-18(14-6-7-17-9-13(14)15)10-11-4-3-5-12(16)8-11/h3-9H,2,10,16H2,1H3. The Labute approximate surface area is 116 Å². The van der Waals surface area contributed by atoms with Gasteiger partial charge >= 0.3 is 0 Å². The summed E-state index contributed by atoms with van der Waals surface area (Å²) in [5, 5.41) is 0. The van der Waals surface area contributed by atoms with Gasteiger partial charge in [0.15, 0.2) is 0 Å². The van der Waals surface area contributed by atoms with E-state index in [1.165, 1.54) is 5.56 Å². The van der Waals surface area contributed by atoms with E-state index in [0.717, 1.165) is 28.9 Å². The molecule has 0 amide bonds. The molecule has 0 saturated carbocycles. The van der Waals surface area contributed by atoms with E-state index in [9.17, 15) is 0 Å². The van der Waals surface area contributed by atoms with Gasteiger partial charge in [-0.1, -0.05) is 12.1 Å². The van der Waals surface area contributed by atoms with Gasteiger partial charge in [-0.25, -0.2) is 0 Å². The van der Waals surface area contributed by atoms with Crippen molar-refractivity contribution in [3.05, 3.63) is 52.8 Å². The number of nitrogen functional groups attached to an aromatic ring is 1. The van der Waals surface area contributed by atoms with Gasteiger partial charge < -0.3 is 10.6 Å². The third-order valence-electron chi connectivity index (χ3n) is 2.80. The van der Waals surface area contributed by atoms with Crippen molar-refractivity contribution in [1.82, 2.24) is 4.98 Å². The monoisotopic (exact) mass is 305 g/mol. The molecule has 1 aromatic carbocycles. The van der Waals surface area contributed by atoms with Gasteiger partial charge in [-0.15, -0.1) is 0 Å². The molecule has 2 rings (SSSR count). The highest BCUT2D eigenvalue weighted by Gasteiger charge is 2.08. The van der Waals surface area contributed by atoms with Crippen LogP contribution in [0.4, 0.5) is 11.4 Å². The molecular weight excluding hydrogens is 290 g/mol. The van der Waals surface area contributed by atoms with Crippen LogP contribution in [-0.4, -0.2) is 11.5 Å². The van der Waals surface area contributed by atoms with E-state index in [-0.39, 0.29) is 0 Å². The highest BCUT2D eigenvalue weighted by molar-refractivity contribution is 9.10. The summed E-state index contributed by atoms with van der Waals surface area (Å²) in [6.45, 7) is 3.90. The van der Waals surface area contributed by atoms with Crippen molar-refractivity contribution in [2.45, 2.75) is 13.5 Å². The van der Waals surface area contributed by atoms with Crippen LogP contribution in [0.2, 0.25) is 0 Å². The van der Waals surface area contributed by atoms with Gasteiger partial charge in [0.05, 0.1) is 10.2 Å². The number of nitrogens with zero attached hydrogens (tertiary/aromatic N) is 2. The van der Waals surface area contributed by atoms with Gasteiger partial charge in [-0.05, 0) is 46.6 Å². The number of aromatic nitrogens is 1. The number of pyridine rings is 1. The average molecular weight is 306 g/mol. The fourth-order valence-corrected chi connectivity index (χ4v) is 2.40. The molecule has 0 bridgehead atoms. The predicted molar refractivity (Wildman–Crippen MR) is 79.5 cm³/mol. The smallest absolute Gasteiger partial charge is 0.0592 e. The highest BCUT2D eigenvalue weighted by Crippen LogP contribution is 2.26. The average Bonchev–Trinajstić information content (AvgIpc) is 2.37. The summed E-state index contributed by atoms with van der Waals surface area (Å²) in [4.78, 5) is 6.37. The zero-order valence-electron chi connectivity index (χ0n) is 10.3. The first-order chi connectivity index (χ1) is 8.70. The first kappa shape index (κ1) is 12.9. The van der Waals surface area contributed by atoms with E-state index in [4.69, 9.17) is 5.73 Å². The maximum atomic E-state index is 5.81. The number of anilines is 2. The fourth-order valence-electron chi connectivity index (χ4n) is 1.90. The second-order valence-electron chi connectivity index (χ2n) is 4.09. The number of rotatable bonds is 4. The second kappa shape index (κ2) is 5.87. The molecule has 0 aliphatic carbocycles. The lowest BCUT2D eigenvalue weighted by Gasteiger charge is -2.24. The van der Waals surface area contributed by atoms with E-state index in [1.54, 1.807) is 0 Å². The maximum Gasteiger partial charge on any atom is 0.0592 e. The summed E-state index contributed by atoms with van der Waals surface area (Å²) in [5.41, 5.74) is 8.97. The van der Waals surface area contributed by atoms with Crippen molar-refractivity contribution in [2.24, 2.45) is 0 Å². The summed E-state index contributed by atoms with van der Waals surface area (Å²) < 4.78 is 1.01. The van der Waals surface area contributed by atoms with E-state index < -0.39 is 0 Å². The largest absolute Gasteiger partial charge is 0.399 e. The molecule has 0 spiro atoms. The van der Waals surface area contributed by atoms with Crippen LogP contribution in [0.3, 0.4) is 0 Å². The summed E-state index contributed by atoms with van der Waals surface area (Å²) in [5.74, 6) is 0. The van der Waals surface area contributed by atoms with E-state index in [1.807, 2.05) is 36.7 Å². The van der Waals surface area contributed by atoms with Crippen molar-refractivity contribution < 1.29 is 0 Å². The summed E-state index contributed by atoms with van der Waals surface area (Å²) in [6.07, 6.45) is 3.62. The number of benzene rings is 1. The van der Waals surface area contributed by atoms with Gasteiger partial charge in [0.1, 0.15) is 0 Å². The van der Waals surface area contributed by atoms with Crippen LogP contribution in [0.5, 0.6) is 0 Å². The van der Waals surface area contributed by atoms with Crippen molar-refractivity contribution >= 4 is 27.3 Å². The molecule has 94 valence electrons. The Balaban J connectivity index is 2.23. The van der Waals surface area contributed by atoms with Crippen LogP contribution in [0.15, 0.2) is 47.2 Å². The van der Waals surface area contributed by atoms with Crippen molar-refractivity contribution in [2.75, 3.05) is 17.2 Å². The molecule has 0 aliphatic rings. The van der Waals surface area contributed by atoms with Crippen LogP contribution in [0.25, 0.3) is 0 Å². The van der Waals surface area contributed by atoms with Crippen LogP contribution in [-0.2, 0) is 6.54 Å². The molecule has 1 aromatic heterocycles. The van der Waals surface area contributed by atoms with Gasteiger partial charge in [0.25, 0.3) is 0 Å². The number of hydrogen-bond acceptors (Lipinski definition) is 3. The van der Waals surface area contributed by atoms with Gasteiger partial charge in [0.2, 0.25) is 0 Å². The maximum absolute atomic E-state index is 5.81. The molecule has 0 fully saturated rings. The molecule has 4 heteroatoms. The molecule has 2 N–H and O–H groups in total. The van der Waals surface area contributed by atoms with E-state index in [0.29, 0.717) is 0 Å². The highest BCUT2D eigenvalue weighted by atomic mass is 79.9. The first-order valence-corrected chi connectivity index (χ1v) is 6.69. The fraction of sp³-hybridized carbons (Fsp3) is 0.214. The minimum absolute atomic E-state index is 0.803. The van der Waals surface area contributed by atoms with Gasteiger partial charge in [-0.2, -0.15) is 0 Å². The Bertz CT molecular complexity index is 528. The topological polar surface area (TPSA) is 42.1 Å². The van der Waals surface area contributed by atoms with Crippen molar-refractivity contribution in [3.63, 3.8) is 0 Å². The minimum atomic E-state index is 0.803. The lowest BCUT2D eigenvalue weighted by molar-refractivity contribution is 0.828. The summed E-state index contributed by atoms with van der Waals surface area (Å²) in [7, 11) is 0. The molecule has 0 radical (unpaired) electrons. The normalized spacial score (nSPS) is 10.3. The van der Waals surface area contributed by atoms with Gasteiger partial charge in [0, 0.05) is 31.2 Å². The molecule has 3 nitrogen and oxygen atoms in total. The predicted octanol–water partition coefficient (Wildman–Crippen LogP) is 3.45. The SMILES string of the molecule is CCN(Cc1cccc(N)c1)c1ccncc1Br. The number of hydrogen-bond donors (Lipinski definition) is 1. The zero-order valence-corrected chi connectivity index (χ0v) is 11.9. The van der Waals surface area contributed by atoms with Crippen molar-refractivity contribution in [3.8, 4) is 0 Å². The Morgan fingerprint density at radius 2 is 2.17 bits per heavy atom. The number of nitrogens with two attached hydrogens (primary N) is 1. The zero-order chi connectivity index (χ0) is 13.0. The van der Waals surface area contributed by atoms with Crippen molar-refractivity contribution in [1.29, 1.82) is 0 Å². The van der Waals surface area contributed by atoms with Crippen LogP contribution < -0.4 is 10.6 Å². The molecule has 1 heterocycles. The second-order valence-corrected chi connectivity index (χ2v) is 4.94. The van der Waals surface area contributed by atoms with Gasteiger partial charge in [-0.3, -0.25) is 4.98 Å². The van der Waals surface area contributed by atoms with Crippen LogP contribution in [0, 0.1) is 0 Å². The molecule has 0 aliphatic heterocycles. The Morgan fingerprint density at radius 1 is 1.33 bits per heavy atom. The summed E-state index contributed by atoms with van der Waals surface area (Å²) in [6, 6.07) is 10.0. The Hall–Kier alpha value is -1.55. The number of halogens is 1. The Morgan fingerprint density at radius 3 is 2.83 bits per heavy atom. The molecule has 18 heavy (non-hydrogen) atoms. The molecule has 0 saturated heterocycles. The third-order valence-corrected chi connectivity index (χ3v) is 3.41. The third kappa shape index (κ3) is 3.01. The van der Waals surface area contributed by atoms with E-state index >= 15 is 0 Å². The summed E-state index contributed by atoms with van der Waals surface area (Å²) >= 11 is 3.54. The van der Waals surface area contributed by atoms with Crippen LogP contribution in [0.1, 0.15) is 12.5 Å². The molecule has 2 aromatic rings. The quantitative estimate of drug-likeness (QED) is 0.880. The van der Waals surface area contributed by atoms with E-state index in [2.05, 4.69) is 38.8 Å². The molecular formula is C14H16BrN3. The van der Waals surface area contributed by atoms with Crippen LogP contribution >= 0.6 is 15.9 Å².